The molecule has 2 rings (SSSR count). The maximum absolute atomic E-state index is 11.2. The fourth-order valence-electron chi connectivity index (χ4n) is 2.10. The first kappa shape index (κ1) is 12.2. The largest absolute Gasteiger partial charge is 0.478 e. The van der Waals surface area contributed by atoms with Crippen LogP contribution in [0.4, 0.5) is 5.69 Å². The summed E-state index contributed by atoms with van der Waals surface area (Å²) in [5.41, 5.74) is 6.82. The predicted octanol–water partition coefficient (Wildman–Crippen LogP) is 1.97. The van der Waals surface area contributed by atoms with Crippen molar-refractivity contribution in [3.63, 3.8) is 0 Å². The number of nitrogens with zero attached hydrogens (tertiary/aromatic N) is 1. The van der Waals surface area contributed by atoms with Crippen LogP contribution in [0.1, 0.15) is 23.2 Å². The van der Waals surface area contributed by atoms with Gasteiger partial charge in [-0.25, -0.2) is 4.79 Å². The Morgan fingerprint density at radius 1 is 1.41 bits per heavy atom. The highest BCUT2D eigenvalue weighted by Gasteiger charge is 2.21. The van der Waals surface area contributed by atoms with Crippen LogP contribution in [0.5, 0.6) is 0 Å². The molecule has 0 aromatic heterocycles. The van der Waals surface area contributed by atoms with Crippen molar-refractivity contribution in [2.75, 3.05) is 18.0 Å². The molecule has 1 aromatic carbocycles. The zero-order valence-corrected chi connectivity index (χ0v) is 10.2. The standard InChI is InChI=1S/C12H15ClN2O2/c13-8-1-2-11(10(7-8)12(16)17)15-5-3-9(14)4-6-15/h1-2,7,9H,3-6,14H2,(H,16,17). The summed E-state index contributed by atoms with van der Waals surface area (Å²) in [7, 11) is 0. The number of aromatic carboxylic acids is 1. The third kappa shape index (κ3) is 2.70. The summed E-state index contributed by atoms with van der Waals surface area (Å²) in [4.78, 5) is 13.2. The molecule has 1 aliphatic rings. The predicted molar refractivity (Wildman–Crippen MR) is 67.8 cm³/mol. The molecule has 0 atom stereocenters. The van der Waals surface area contributed by atoms with E-state index in [1.165, 1.54) is 6.07 Å². The van der Waals surface area contributed by atoms with Crippen molar-refractivity contribution in [2.24, 2.45) is 5.73 Å². The van der Waals surface area contributed by atoms with E-state index in [9.17, 15) is 4.79 Å². The number of benzene rings is 1. The second-order valence-corrected chi connectivity index (χ2v) is 4.73. The van der Waals surface area contributed by atoms with Crippen molar-refractivity contribution in [2.45, 2.75) is 18.9 Å². The van der Waals surface area contributed by atoms with Crippen LogP contribution >= 0.6 is 11.6 Å². The van der Waals surface area contributed by atoms with Gasteiger partial charge in [-0.3, -0.25) is 0 Å². The number of anilines is 1. The van der Waals surface area contributed by atoms with Crippen molar-refractivity contribution >= 4 is 23.3 Å². The van der Waals surface area contributed by atoms with Crippen LogP contribution in [-0.4, -0.2) is 30.2 Å². The number of nitrogens with two attached hydrogens (primary N) is 1. The van der Waals surface area contributed by atoms with E-state index in [0.717, 1.165) is 31.6 Å². The highest BCUT2D eigenvalue weighted by molar-refractivity contribution is 6.31. The van der Waals surface area contributed by atoms with E-state index in [1.807, 2.05) is 0 Å². The second-order valence-electron chi connectivity index (χ2n) is 4.29. The van der Waals surface area contributed by atoms with E-state index in [0.29, 0.717) is 5.02 Å². The molecule has 0 unspecified atom stereocenters. The van der Waals surface area contributed by atoms with Gasteiger partial charge in [0.15, 0.2) is 0 Å². The van der Waals surface area contributed by atoms with Gasteiger partial charge in [-0.1, -0.05) is 11.6 Å². The van der Waals surface area contributed by atoms with Crippen LogP contribution in [0.25, 0.3) is 0 Å². The van der Waals surface area contributed by atoms with Crippen LogP contribution < -0.4 is 10.6 Å². The quantitative estimate of drug-likeness (QED) is 0.847. The summed E-state index contributed by atoms with van der Waals surface area (Å²) >= 11 is 5.82. The highest BCUT2D eigenvalue weighted by Crippen LogP contribution is 2.26. The molecule has 1 heterocycles. The molecule has 0 spiro atoms. The van der Waals surface area contributed by atoms with Crippen molar-refractivity contribution in [3.8, 4) is 0 Å². The van der Waals surface area contributed by atoms with Crippen molar-refractivity contribution < 1.29 is 9.90 Å². The monoisotopic (exact) mass is 254 g/mol. The molecule has 0 aliphatic carbocycles. The van der Waals surface area contributed by atoms with Gasteiger partial charge in [0.2, 0.25) is 0 Å². The first-order valence-corrected chi connectivity index (χ1v) is 5.99. The molecular weight excluding hydrogens is 240 g/mol. The van der Waals surface area contributed by atoms with Gasteiger partial charge >= 0.3 is 5.97 Å². The Balaban J connectivity index is 2.28. The molecule has 0 amide bonds. The third-order valence-electron chi connectivity index (χ3n) is 3.07. The van der Waals surface area contributed by atoms with Crippen LogP contribution in [0.15, 0.2) is 18.2 Å². The molecule has 3 N–H and O–H groups in total. The van der Waals surface area contributed by atoms with Gasteiger partial charge in [0.25, 0.3) is 0 Å². The molecule has 0 bridgehead atoms. The highest BCUT2D eigenvalue weighted by atomic mass is 35.5. The Morgan fingerprint density at radius 3 is 2.65 bits per heavy atom. The average molecular weight is 255 g/mol. The third-order valence-corrected chi connectivity index (χ3v) is 3.30. The summed E-state index contributed by atoms with van der Waals surface area (Å²) in [5.74, 6) is -0.947. The number of hydrogen-bond donors (Lipinski definition) is 2. The number of piperidine rings is 1. The number of carbonyl (C=O) groups is 1. The lowest BCUT2D eigenvalue weighted by atomic mass is 10.0. The lowest BCUT2D eigenvalue weighted by molar-refractivity contribution is 0.0697. The van der Waals surface area contributed by atoms with Gasteiger partial charge in [-0.05, 0) is 31.0 Å². The smallest absolute Gasteiger partial charge is 0.337 e. The molecule has 17 heavy (non-hydrogen) atoms. The molecule has 4 nitrogen and oxygen atoms in total. The second kappa shape index (κ2) is 4.94. The van der Waals surface area contributed by atoms with E-state index in [4.69, 9.17) is 22.4 Å². The van der Waals surface area contributed by atoms with Gasteiger partial charge < -0.3 is 15.7 Å². The van der Waals surface area contributed by atoms with Gasteiger partial charge in [0.05, 0.1) is 11.3 Å². The normalized spacial score (nSPS) is 17.2. The number of halogens is 1. The van der Waals surface area contributed by atoms with Gasteiger partial charge in [0, 0.05) is 24.2 Å². The Kier molecular flexibility index (Phi) is 3.54. The summed E-state index contributed by atoms with van der Waals surface area (Å²) in [6, 6.07) is 5.21. The summed E-state index contributed by atoms with van der Waals surface area (Å²) in [5, 5.41) is 9.61. The number of hydrogen-bond acceptors (Lipinski definition) is 3. The number of carboxylic acids is 1. The van der Waals surface area contributed by atoms with E-state index >= 15 is 0 Å². The molecule has 0 saturated carbocycles. The van der Waals surface area contributed by atoms with Crippen LogP contribution in [0.3, 0.4) is 0 Å². The summed E-state index contributed by atoms with van der Waals surface area (Å²) in [6.45, 7) is 1.59. The number of rotatable bonds is 2. The molecular formula is C12H15ClN2O2. The Hall–Kier alpha value is -1.26. The maximum atomic E-state index is 11.2. The van der Waals surface area contributed by atoms with Gasteiger partial charge in [-0.2, -0.15) is 0 Å². The lowest BCUT2D eigenvalue weighted by Crippen LogP contribution is -2.40. The fourth-order valence-corrected chi connectivity index (χ4v) is 2.27. The van der Waals surface area contributed by atoms with Crippen LogP contribution in [-0.2, 0) is 0 Å². The molecule has 1 aromatic rings. The summed E-state index contributed by atoms with van der Waals surface area (Å²) < 4.78 is 0. The van der Waals surface area contributed by atoms with E-state index in [1.54, 1.807) is 12.1 Å². The zero-order valence-electron chi connectivity index (χ0n) is 9.40. The average Bonchev–Trinajstić information content (AvgIpc) is 2.30. The van der Waals surface area contributed by atoms with Gasteiger partial charge in [-0.15, -0.1) is 0 Å². The zero-order chi connectivity index (χ0) is 12.4. The Morgan fingerprint density at radius 2 is 2.06 bits per heavy atom. The summed E-state index contributed by atoms with van der Waals surface area (Å²) in [6.07, 6.45) is 1.78. The lowest BCUT2D eigenvalue weighted by Gasteiger charge is -2.32. The van der Waals surface area contributed by atoms with Crippen molar-refractivity contribution in [1.29, 1.82) is 0 Å². The minimum atomic E-state index is -0.947. The molecule has 1 saturated heterocycles. The Bertz CT molecular complexity index is 429. The molecule has 0 radical (unpaired) electrons. The first-order valence-electron chi connectivity index (χ1n) is 5.61. The SMILES string of the molecule is NC1CCN(c2ccc(Cl)cc2C(=O)O)CC1. The van der Waals surface area contributed by atoms with Crippen LogP contribution in [0.2, 0.25) is 5.02 Å². The molecule has 1 fully saturated rings. The van der Waals surface area contributed by atoms with Gasteiger partial charge in [0.1, 0.15) is 0 Å². The van der Waals surface area contributed by atoms with Crippen molar-refractivity contribution in [1.82, 2.24) is 0 Å². The minimum absolute atomic E-state index is 0.229. The number of carboxylic acid groups (broad SMARTS) is 1. The minimum Gasteiger partial charge on any atom is -0.478 e. The van der Waals surface area contributed by atoms with Crippen molar-refractivity contribution in [3.05, 3.63) is 28.8 Å². The maximum Gasteiger partial charge on any atom is 0.337 e. The Labute approximate surface area is 105 Å². The van der Waals surface area contributed by atoms with E-state index in [-0.39, 0.29) is 11.6 Å². The van der Waals surface area contributed by atoms with E-state index in [2.05, 4.69) is 4.90 Å². The van der Waals surface area contributed by atoms with E-state index < -0.39 is 5.97 Å². The molecule has 92 valence electrons. The first-order chi connectivity index (χ1) is 8.08. The molecule has 1 aliphatic heterocycles. The fraction of sp³-hybridized carbons (Fsp3) is 0.417. The van der Waals surface area contributed by atoms with Crippen LogP contribution in [0, 0.1) is 0 Å². The molecule has 5 heteroatoms. The topological polar surface area (TPSA) is 66.6 Å².